The van der Waals surface area contributed by atoms with Crippen molar-refractivity contribution in [3.05, 3.63) is 36.2 Å². The van der Waals surface area contributed by atoms with Crippen LogP contribution in [0.3, 0.4) is 0 Å². The summed E-state index contributed by atoms with van der Waals surface area (Å²) in [5.41, 5.74) is 1.87. The molecule has 0 atom stereocenters. The summed E-state index contributed by atoms with van der Waals surface area (Å²) in [5.74, 6) is 0.244. The second-order valence-corrected chi connectivity index (χ2v) is 4.22. The van der Waals surface area contributed by atoms with Crippen molar-refractivity contribution >= 4 is 11.6 Å². The minimum absolute atomic E-state index is 0.232. The third-order valence-corrected chi connectivity index (χ3v) is 2.89. The average Bonchev–Trinajstić information content (AvgIpc) is 2.83. The van der Waals surface area contributed by atoms with E-state index >= 15 is 0 Å². The molecule has 0 amide bonds. The van der Waals surface area contributed by atoms with Crippen molar-refractivity contribution in [1.82, 2.24) is 14.8 Å². The lowest BCUT2D eigenvalue weighted by atomic mass is 10.1. The Hall–Kier alpha value is -1.56. The zero-order valence-corrected chi connectivity index (χ0v) is 10.6. The van der Waals surface area contributed by atoms with E-state index in [1.807, 2.05) is 0 Å². The van der Waals surface area contributed by atoms with Gasteiger partial charge in [-0.3, -0.25) is 9.67 Å². The number of halogens is 4. The standard InChI is InChI=1S/C12H11ClF3N3/c13-8-9-2-1-5-17-11(9)10-3-6-18-19(10)7-4-12(14,15)16/h1-3,5-6H,4,7-8H2. The van der Waals surface area contributed by atoms with Gasteiger partial charge in [0, 0.05) is 18.3 Å². The van der Waals surface area contributed by atoms with E-state index < -0.39 is 12.6 Å². The van der Waals surface area contributed by atoms with Crippen molar-refractivity contribution in [1.29, 1.82) is 0 Å². The van der Waals surface area contributed by atoms with Gasteiger partial charge in [-0.15, -0.1) is 11.6 Å². The van der Waals surface area contributed by atoms with Crippen LogP contribution in [0.1, 0.15) is 12.0 Å². The molecule has 0 unspecified atom stereocenters. The zero-order chi connectivity index (χ0) is 13.9. The quantitative estimate of drug-likeness (QED) is 0.805. The summed E-state index contributed by atoms with van der Waals surface area (Å²) < 4.78 is 38.0. The summed E-state index contributed by atoms with van der Waals surface area (Å²) in [7, 11) is 0. The van der Waals surface area contributed by atoms with Gasteiger partial charge in [-0.1, -0.05) is 6.07 Å². The summed E-state index contributed by atoms with van der Waals surface area (Å²) in [5, 5.41) is 3.90. The predicted molar refractivity (Wildman–Crippen MR) is 65.7 cm³/mol. The van der Waals surface area contributed by atoms with Crippen molar-refractivity contribution in [2.75, 3.05) is 0 Å². The highest BCUT2D eigenvalue weighted by molar-refractivity contribution is 6.17. The van der Waals surface area contributed by atoms with Gasteiger partial charge in [0.2, 0.25) is 0 Å². The maximum absolute atomic E-state index is 12.2. The van der Waals surface area contributed by atoms with E-state index in [0.717, 1.165) is 5.56 Å². The van der Waals surface area contributed by atoms with Crippen molar-refractivity contribution in [3.63, 3.8) is 0 Å². The minimum Gasteiger partial charge on any atom is -0.263 e. The first-order valence-electron chi connectivity index (χ1n) is 5.60. The molecule has 7 heteroatoms. The molecule has 2 aromatic rings. The second-order valence-electron chi connectivity index (χ2n) is 3.95. The fraction of sp³-hybridized carbons (Fsp3) is 0.333. The summed E-state index contributed by atoms with van der Waals surface area (Å²) in [6, 6.07) is 5.16. The third-order valence-electron chi connectivity index (χ3n) is 2.60. The molecule has 0 aliphatic heterocycles. The van der Waals surface area contributed by atoms with E-state index in [2.05, 4.69) is 10.1 Å². The van der Waals surface area contributed by atoms with Crippen molar-refractivity contribution < 1.29 is 13.2 Å². The van der Waals surface area contributed by atoms with Crippen molar-refractivity contribution in [2.24, 2.45) is 0 Å². The van der Waals surface area contributed by atoms with Crippen LogP contribution < -0.4 is 0 Å². The largest absolute Gasteiger partial charge is 0.390 e. The number of hydrogen-bond donors (Lipinski definition) is 0. The maximum atomic E-state index is 12.2. The lowest BCUT2D eigenvalue weighted by molar-refractivity contribution is -0.137. The molecule has 0 N–H and O–H groups in total. The van der Waals surface area contributed by atoms with Crippen LogP contribution in [0, 0.1) is 0 Å². The molecule has 0 spiro atoms. The van der Waals surface area contributed by atoms with Crippen molar-refractivity contribution in [2.45, 2.75) is 25.0 Å². The van der Waals surface area contributed by atoms with Crippen LogP contribution in [0.25, 0.3) is 11.4 Å². The molecule has 3 nitrogen and oxygen atoms in total. The van der Waals surface area contributed by atoms with Crippen LogP contribution in [0.4, 0.5) is 13.2 Å². The van der Waals surface area contributed by atoms with E-state index in [0.29, 0.717) is 11.4 Å². The van der Waals surface area contributed by atoms with E-state index in [1.165, 1.54) is 10.9 Å². The zero-order valence-electron chi connectivity index (χ0n) is 9.86. The molecule has 0 saturated heterocycles. The number of hydrogen-bond acceptors (Lipinski definition) is 2. The highest BCUT2D eigenvalue weighted by atomic mass is 35.5. The van der Waals surface area contributed by atoms with E-state index in [1.54, 1.807) is 24.4 Å². The lowest BCUT2D eigenvalue weighted by Crippen LogP contribution is -2.14. The first-order chi connectivity index (χ1) is 9.01. The van der Waals surface area contributed by atoms with E-state index in [-0.39, 0.29) is 12.4 Å². The van der Waals surface area contributed by atoms with Crippen LogP contribution in [-0.2, 0) is 12.4 Å². The van der Waals surface area contributed by atoms with Crippen molar-refractivity contribution in [3.8, 4) is 11.4 Å². The summed E-state index contributed by atoms with van der Waals surface area (Å²) in [6.45, 7) is -0.232. The topological polar surface area (TPSA) is 30.7 Å². The molecule has 2 rings (SSSR count). The Kier molecular flexibility index (Phi) is 4.09. The Balaban J connectivity index is 2.29. The number of aryl methyl sites for hydroxylation is 1. The van der Waals surface area contributed by atoms with Crippen LogP contribution in [0.2, 0.25) is 0 Å². The van der Waals surface area contributed by atoms with Crippen LogP contribution >= 0.6 is 11.6 Å². The fourth-order valence-electron chi connectivity index (χ4n) is 1.72. The number of alkyl halides is 4. The van der Waals surface area contributed by atoms with Gasteiger partial charge in [0.05, 0.1) is 24.4 Å². The van der Waals surface area contributed by atoms with Crippen LogP contribution in [-0.4, -0.2) is 20.9 Å². The monoisotopic (exact) mass is 289 g/mol. The van der Waals surface area contributed by atoms with Crippen LogP contribution in [0.15, 0.2) is 30.6 Å². The molecule has 2 aromatic heterocycles. The molecule has 0 radical (unpaired) electrons. The highest BCUT2D eigenvalue weighted by Crippen LogP contribution is 2.25. The smallest absolute Gasteiger partial charge is 0.263 e. The summed E-state index contributed by atoms with van der Waals surface area (Å²) >= 11 is 5.80. The molecular weight excluding hydrogens is 279 g/mol. The molecule has 0 aliphatic rings. The summed E-state index contributed by atoms with van der Waals surface area (Å²) in [6.07, 6.45) is -2.10. The first kappa shape index (κ1) is 13.9. The Labute approximate surface area is 113 Å². The minimum atomic E-state index is -4.21. The van der Waals surface area contributed by atoms with E-state index in [9.17, 15) is 13.2 Å². The predicted octanol–water partition coefficient (Wildman–Crippen LogP) is 3.64. The maximum Gasteiger partial charge on any atom is 0.390 e. The highest BCUT2D eigenvalue weighted by Gasteiger charge is 2.27. The first-order valence-corrected chi connectivity index (χ1v) is 6.13. The Morgan fingerprint density at radius 1 is 1.21 bits per heavy atom. The molecule has 0 fully saturated rings. The molecular formula is C12H11ClF3N3. The van der Waals surface area contributed by atoms with Gasteiger partial charge in [-0.2, -0.15) is 18.3 Å². The van der Waals surface area contributed by atoms with Crippen LogP contribution in [0.5, 0.6) is 0 Å². The summed E-state index contributed by atoms with van der Waals surface area (Å²) in [4.78, 5) is 4.17. The van der Waals surface area contributed by atoms with Gasteiger partial charge in [-0.05, 0) is 17.7 Å². The third kappa shape index (κ3) is 3.47. The molecule has 0 aliphatic carbocycles. The second kappa shape index (κ2) is 5.61. The van der Waals surface area contributed by atoms with Gasteiger partial charge in [0.15, 0.2) is 0 Å². The fourth-order valence-corrected chi connectivity index (χ4v) is 1.94. The SMILES string of the molecule is FC(F)(F)CCn1nccc1-c1ncccc1CCl. The molecule has 0 saturated carbocycles. The number of rotatable bonds is 4. The Morgan fingerprint density at radius 3 is 2.68 bits per heavy atom. The average molecular weight is 290 g/mol. The van der Waals surface area contributed by atoms with Gasteiger partial charge < -0.3 is 0 Å². The lowest BCUT2D eigenvalue weighted by Gasteiger charge is -2.11. The number of aromatic nitrogens is 3. The molecule has 0 bridgehead atoms. The van der Waals surface area contributed by atoms with Gasteiger partial charge in [0.1, 0.15) is 0 Å². The van der Waals surface area contributed by atoms with E-state index in [4.69, 9.17) is 11.6 Å². The van der Waals surface area contributed by atoms with Gasteiger partial charge in [0.25, 0.3) is 0 Å². The normalized spacial score (nSPS) is 11.8. The Bertz CT molecular complexity index is 551. The molecule has 0 aromatic carbocycles. The Morgan fingerprint density at radius 2 is 2.00 bits per heavy atom. The molecule has 102 valence electrons. The molecule has 19 heavy (non-hydrogen) atoms. The molecule has 2 heterocycles. The van der Waals surface area contributed by atoms with Gasteiger partial charge >= 0.3 is 6.18 Å². The number of nitrogens with zero attached hydrogens (tertiary/aromatic N) is 3. The van der Waals surface area contributed by atoms with Gasteiger partial charge in [-0.25, -0.2) is 0 Å². The number of pyridine rings is 1.